The van der Waals surface area contributed by atoms with Crippen molar-refractivity contribution < 1.29 is 9.50 Å². The molecule has 0 aromatic carbocycles. The average molecular weight is 118 g/mol. The Kier molecular flexibility index (Phi) is 2.69. The monoisotopic (exact) mass is 118 g/mol. The first-order valence-corrected chi connectivity index (χ1v) is 2.65. The van der Waals surface area contributed by atoms with E-state index in [-0.39, 0.29) is 0 Å². The second-order valence-electron chi connectivity index (χ2n) is 1.83. The maximum Gasteiger partial charge on any atom is 0.223 e. The second kappa shape index (κ2) is 2.82. The van der Waals surface area contributed by atoms with E-state index < -0.39 is 5.85 Å². The van der Waals surface area contributed by atoms with Gasteiger partial charge in [-0.3, -0.25) is 0 Å². The van der Waals surface area contributed by atoms with Crippen LogP contribution in [-0.4, -0.2) is 11.0 Å². The highest BCUT2D eigenvalue weighted by Crippen LogP contribution is 2.05. The summed E-state index contributed by atoms with van der Waals surface area (Å²) in [4.78, 5) is 0. The third-order valence-corrected chi connectivity index (χ3v) is 0.658. The fourth-order valence-corrected chi connectivity index (χ4v) is 0.333. The highest BCUT2D eigenvalue weighted by atomic mass is 19.2. The Labute approximate surface area is 48.8 Å². The lowest BCUT2D eigenvalue weighted by Gasteiger charge is -2.03. The molecule has 1 nitrogen and oxygen atoms in total. The summed E-state index contributed by atoms with van der Waals surface area (Å²) in [5.41, 5.74) is 0. The standard InChI is InChI=1S/C6H11FO/c1-3-4-5-6(2,7)8/h4-5,8H,3H2,1-2H3/b5-4-. The summed E-state index contributed by atoms with van der Waals surface area (Å²) in [6.45, 7) is 2.97. The molecule has 8 heavy (non-hydrogen) atoms. The van der Waals surface area contributed by atoms with Crippen LogP contribution in [0.15, 0.2) is 12.2 Å². The van der Waals surface area contributed by atoms with Gasteiger partial charge in [0.15, 0.2) is 0 Å². The van der Waals surface area contributed by atoms with E-state index in [0.29, 0.717) is 0 Å². The normalized spacial score (nSPS) is 19.0. The highest BCUT2D eigenvalue weighted by Gasteiger charge is 2.10. The van der Waals surface area contributed by atoms with E-state index in [0.717, 1.165) is 19.4 Å². The summed E-state index contributed by atoms with van der Waals surface area (Å²) in [6, 6.07) is 0. The first-order valence-electron chi connectivity index (χ1n) is 2.65. The van der Waals surface area contributed by atoms with Gasteiger partial charge in [0.1, 0.15) is 0 Å². The first-order chi connectivity index (χ1) is 3.56. The van der Waals surface area contributed by atoms with E-state index in [2.05, 4.69) is 0 Å². The molecule has 0 aliphatic heterocycles. The smallest absolute Gasteiger partial charge is 0.223 e. The molecule has 0 aromatic rings. The van der Waals surface area contributed by atoms with E-state index in [4.69, 9.17) is 5.11 Å². The summed E-state index contributed by atoms with van der Waals surface area (Å²) in [5, 5.41) is 8.40. The number of alkyl halides is 1. The van der Waals surface area contributed by atoms with Crippen molar-refractivity contribution in [2.24, 2.45) is 0 Å². The van der Waals surface area contributed by atoms with Crippen LogP contribution in [0.25, 0.3) is 0 Å². The van der Waals surface area contributed by atoms with E-state index in [1.165, 1.54) is 0 Å². The molecular formula is C6H11FO. The Balaban J connectivity index is 3.52. The molecule has 0 radical (unpaired) electrons. The zero-order valence-corrected chi connectivity index (χ0v) is 5.19. The van der Waals surface area contributed by atoms with Gasteiger partial charge in [0, 0.05) is 0 Å². The predicted molar refractivity (Wildman–Crippen MR) is 31.2 cm³/mol. The second-order valence-corrected chi connectivity index (χ2v) is 1.83. The molecule has 0 spiro atoms. The molecule has 0 aliphatic rings. The largest absolute Gasteiger partial charge is 0.359 e. The lowest BCUT2D eigenvalue weighted by Crippen LogP contribution is -2.10. The maximum atomic E-state index is 12.0. The van der Waals surface area contributed by atoms with Gasteiger partial charge in [0.05, 0.1) is 0 Å². The van der Waals surface area contributed by atoms with Crippen LogP contribution in [0, 0.1) is 0 Å². The molecule has 1 unspecified atom stereocenters. The molecule has 0 fully saturated rings. The average Bonchev–Trinajstić information content (AvgIpc) is 1.59. The van der Waals surface area contributed by atoms with Crippen molar-refractivity contribution in [1.82, 2.24) is 0 Å². The maximum absolute atomic E-state index is 12.0. The molecule has 48 valence electrons. The number of allylic oxidation sites excluding steroid dienone is 1. The van der Waals surface area contributed by atoms with Crippen molar-refractivity contribution in [3.05, 3.63) is 12.2 Å². The van der Waals surface area contributed by atoms with Crippen molar-refractivity contribution in [3.63, 3.8) is 0 Å². The molecule has 2 heteroatoms. The van der Waals surface area contributed by atoms with Crippen molar-refractivity contribution in [2.45, 2.75) is 26.1 Å². The van der Waals surface area contributed by atoms with Gasteiger partial charge in [0.2, 0.25) is 5.85 Å². The van der Waals surface area contributed by atoms with Crippen molar-refractivity contribution in [2.75, 3.05) is 0 Å². The van der Waals surface area contributed by atoms with Gasteiger partial charge in [-0.05, 0) is 19.4 Å². The summed E-state index contributed by atoms with van der Waals surface area (Å²) in [5.74, 6) is -2.13. The van der Waals surface area contributed by atoms with Gasteiger partial charge in [-0.25, -0.2) is 4.39 Å². The van der Waals surface area contributed by atoms with Gasteiger partial charge in [-0.1, -0.05) is 13.0 Å². The van der Waals surface area contributed by atoms with Crippen LogP contribution in [0.2, 0.25) is 0 Å². The van der Waals surface area contributed by atoms with E-state index in [1.807, 2.05) is 6.92 Å². The van der Waals surface area contributed by atoms with Crippen molar-refractivity contribution >= 4 is 0 Å². The lowest BCUT2D eigenvalue weighted by atomic mass is 10.3. The molecule has 0 bridgehead atoms. The van der Waals surface area contributed by atoms with Gasteiger partial charge >= 0.3 is 0 Å². The molecule has 0 amide bonds. The Morgan fingerprint density at radius 2 is 2.25 bits per heavy atom. The predicted octanol–water partition coefficient (Wildman–Crippen LogP) is 1.63. The number of rotatable bonds is 2. The van der Waals surface area contributed by atoms with Crippen LogP contribution < -0.4 is 0 Å². The lowest BCUT2D eigenvalue weighted by molar-refractivity contribution is -0.0225. The molecule has 0 rings (SSSR count). The highest BCUT2D eigenvalue weighted by molar-refractivity contribution is 4.90. The molecule has 0 saturated carbocycles. The Morgan fingerprint density at radius 1 is 1.75 bits per heavy atom. The van der Waals surface area contributed by atoms with Crippen LogP contribution in [0.4, 0.5) is 4.39 Å². The minimum Gasteiger partial charge on any atom is -0.359 e. The summed E-state index contributed by atoms with van der Waals surface area (Å²) in [6.07, 6.45) is 3.47. The summed E-state index contributed by atoms with van der Waals surface area (Å²) in [7, 11) is 0. The van der Waals surface area contributed by atoms with Crippen LogP contribution in [0.1, 0.15) is 20.3 Å². The minimum absolute atomic E-state index is 0.750. The van der Waals surface area contributed by atoms with E-state index in [1.54, 1.807) is 6.08 Å². The summed E-state index contributed by atoms with van der Waals surface area (Å²) < 4.78 is 12.0. The van der Waals surface area contributed by atoms with Gasteiger partial charge in [-0.2, -0.15) is 0 Å². The van der Waals surface area contributed by atoms with Crippen LogP contribution in [-0.2, 0) is 0 Å². The first kappa shape index (κ1) is 7.63. The molecule has 1 atom stereocenters. The van der Waals surface area contributed by atoms with Crippen LogP contribution in [0.5, 0.6) is 0 Å². The quantitative estimate of drug-likeness (QED) is 0.546. The van der Waals surface area contributed by atoms with Gasteiger partial charge < -0.3 is 5.11 Å². The molecule has 1 N–H and O–H groups in total. The molecular weight excluding hydrogens is 107 g/mol. The van der Waals surface area contributed by atoms with Gasteiger partial charge in [-0.15, -0.1) is 0 Å². The van der Waals surface area contributed by atoms with Crippen molar-refractivity contribution in [3.8, 4) is 0 Å². The van der Waals surface area contributed by atoms with E-state index in [9.17, 15) is 4.39 Å². The third-order valence-electron chi connectivity index (χ3n) is 0.658. The zero-order chi connectivity index (χ0) is 6.62. The fraction of sp³-hybridized carbons (Fsp3) is 0.667. The van der Waals surface area contributed by atoms with Gasteiger partial charge in [0.25, 0.3) is 0 Å². The summed E-state index contributed by atoms with van der Waals surface area (Å²) >= 11 is 0. The van der Waals surface area contributed by atoms with E-state index >= 15 is 0 Å². The molecule has 0 saturated heterocycles. The SMILES string of the molecule is CC/C=C\C(C)(O)F. The Hall–Kier alpha value is -0.370. The number of hydrogen-bond acceptors (Lipinski definition) is 1. The Morgan fingerprint density at radius 3 is 2.38 bits per heavy atom. The number of hydrogen-bond donors (Lipinski definition) is 1. The topological polar surface area (TPSA) is 20.2 Å². The third kappa shape index (κ3) is 5.63. The number of aliphatic hydroxyl groups is 1. The molecule has 0 aliphatic carbocycles. The minimum atomic E-state index is -2.13. The van der Waals surface area contributed by atoms with Crippen LogP contribution in [0.3, 0.4) is 0 Å². The Bertz CT molecular complexity index is 81.0. The zero-order valence-electron chi connectivity index (χ0n) is 5.19. The molecule has 0 heterocycles. The van der Waals surface area contributed by atoms with Crippen LogP contribution >= 0.6 is 0 Å². The fourth-order valence-electron chi connectivity index (χ4n) is 0.333. The number of halogens is 1. The van der Waals surface area contributed by atoms with Crippen molar-refractivity contribution in [1.29, 1.82) is 0 Å². The molecule has 0 aromatic heterocycles.